The van der Waals surface area contributed by atoms with Crippen molar-refractivity contribution in [3.8, 4) is 11.5 Å². The fourth-order valence-electron chi connectivity index (χ4n) is 4.98. The lowest BCUT2D eigenvalue weighted by molar-refractivity contribution is 0.143. The van der Waals surface area contributed by atoms with Crippen molar-refractivity contribution >= 4 is 22.7 Å². The van der Waals surface area contributed by atoms with Gasteiger partial charge in [0, 0.05) is 30.5 Å². The minimum absolute atomic E-state index is 0.0845. The molecule has 166 valence electrons. The first-order chi connectivity index (χ1) is 14.6. The molecule has 5 rings (SSSR count). The monoisotopic (exact) mass is 435 g/mol. The highest BCUT2D eigenvalue weighted by Gasteiger charge is 2.61. The van der Waals surface area contributed by atoms with Crippen molar-refractivity contribution in [3.05, 3.63) is 28.3 Å². The Morgan fingerprint density at radius 3 is 2.55 bits per heavy atom. The molecule has 3 atom stereocenters. The second kappa shape index (κ2) is 6.32. The van der Waals surface area contributed by atoms with Gasteiger partial charge in [0.05, 0.1) is 30.3 Å². The minimum Gasteiger partial charge on any atom is -0.492 e. The highest BCUT2D eigenvalue weighted by atomic mass is 19.1. The molecule has 1 aromatic carbocycles. The number of alkyl halides is 1. The maximum absolute atomic E-state index is 15.4. The van der Waals surface area contributed by atoms with E-state index < -0.39 is 40.9 Å². The fourth-order valence-corrected chi connectivity index (χ4v) is 4.98. The molecular formula is C21H23F2N3O5. The Bertz CT molecular complexity index is 1170. The first kappa shape index (κ1) is 20.0. The molecule has 2 saturated carbocycles. The molecular weight excluding hydrogens is 412 g/mol. The molecule has 1 saturated heterocycles. The summed E-state index contributed by atoms with van der Waals surface area (Å²) >= 11 is 0. The maximum atomic E-state index is 15.4. The van der Waals surface area contributed by atoms with Crippen LogP contribution in [0.2, 0.25) is 0 Å². The van der Waals surface area contributed by atoms with Gasteiger partial charge in [0.15, 0.2) is 17.3 Å². The van der Waals surface area contributed by atoms with E-state index >= 15 is 4.39 Å². The third kappa shape index (κ3) is 2.88. The van der Waals surface area contributed by atoms with Crippen molar-refractivity contribution < 1.29 is 28.2 Å². The van der Waals surface area contributed by atoms with Crippen molar-refractivity contribution in [2.75, 3.05) is 25.1 Å². The van der Waals surface area contributed by atoms with Crippen LogP contribution in [0.5, 0.6) is 11.5 Å². The molecule has 1 aliphatic heterocycles. The molecule has 1 spiro atoms. The second-order valence-electron chi connectivity index (χ2n) is 9.11. The number of rotatable bonds is 4. The third-order valence-electron chi connectivity index (χ3n) is 7.00. The van der Waals surface area contributed by atoms with E-state index in [1.807, 2.05) is 11.8 Å². The molecule has 8 nitrogen and oxygen atoms in total. The van der Waals surface area contributed by atoms with Gasteiger partial charge in [0.25, 0.3) is 0 Å². The topological polar surface area (TPSA) is 107 Å². The summed E-state index contributed by atoms with van der Waals surface area (Å²) in [6.07, 6.45) is 0.408. The standard InChI is InChI=1S/C21H23F2N3O5/c1-20(24)8-25(9-21(20)3-4-21)16-12(23)5-10-15(18(16)30-2)26(13-6-11(13)22)7-14(17(10)27)31-19(28)29/h5,7,11,13H,3-4,6,8-9,24H2,1-2H3,(H,28,29)/t11-,13+,20+/m0/s1. The number of methoxy groups -OCH3 is 1. The molecule has 10 heteroatoms. The van der Waals surface area contributed by atoms with Crippen LogP contribution in [0.4, 0.5) is 19.3 Å². The highest BCUT2D eigenvalue weighted by molar-refractivity contribution is 5.93. The van der Waals surface area contributed by atoms with E-state index in [1.54, 1.807) is 0 Å². The van der Waals surface area contributed by atoms with E-state index in [0.29, 0.717) is 13.1 Å². The Balaban J connectivity index is 1.75. The summed E-state index contributed by atoms with van der Waals surface area (Å²) in [5.41, 5.74) is 5.50. The molecule has 31 heavy (non-hydrogen) atoms. The molecule has 3 aliphatic rings. The van der Waals surface area contributed by atoms with Crippen LogP contribution in [0.3, 0.4) is 0 Å². The maximum Gasteiger partial charge on any atom is 0.511 e. The number of benzene rings is 1. The van der Waals surface area contributed by atoms with E-state index in [1.165, 1.54) is 11.7 Å². The van der Waals surface area contributed by atoms with Crippen LogP contribution in [0.25, 0.3) is 10.9 Å². The summed E-state index contributed by atoms with van der Waals surface area (Å²) in [6.45, 7) is 2.92. The van der Waals surface area contributed by atoms with Crippen molar-refractivity contribution in [1.29, 1.82) is 0 Å². The molecule has 0 bridgehead atoms. The first-order valence-corrected chi connectivity index (χ1v) is 10.1. The molecule has 2 aliphatic carbocycles. The van der Waals surface area contributed by atoms with E-state index in [2.05, 4.69) is 4.74 Å². The summed E-state index contributed by atoms with van der Waals surface area (Å²) in [5, 5.41) is 8.81. The number of hydrogen-bond acceptors (Lipinski definition) is 6. The average molecular weight is 435 g/mol. The van der Waals surface area contributed by atoms with Gasteiger partial charge in [0.2, 0.25) is 5.43 Å². The van der Waals surface area contributed by atoms with Gasteiger partial charge in [-0.3, -0.25) is 4.79 Å². The molecule has 0 unspecified atom stereocenters. The third-order valence-corrected chi connectivity index (χ3v) is 7.00. The van der Waals surface area contributed by atoms with Crippen LogP contribution in [-0.4, -0.2) is 47.7 Å². The van der Waals surface area contributed by atoms with E-state index in [9.17, 15) is 14.0 Å². The lowest BCUT2D eigenvalue weighted by atomic mass is 9.87. The van der Waals surface area contributed by atoms with Crippen LogP contribution < -0.4 is 25.5 Å². The number of ether oxygens (including phenoxy) is 2. The summed E-state index contributed by atoms with van der Waals surface area (Å²) in [6, 6.07) is 0.418. The summed E-state index contributed by atoms with van der Waals surface area (Å²) < 4.78 is 41.0. The molecule has 0 amide bonds. The van der Waals surface area contributed by atoms with E-state index in [4.69, 9.17) is 15.6 Å². The van der Waals surface area contributed by atoms with Crippen LogP contribution in [0, 0.1) is 11.2 Å². The van der Waals surface area contributed by atoms with E-state index in [-0.39, 0.29) is 34.2 Å². The zero-order valence-electron chi connectivity index (χ0n) is 17.2. The van der Waals surface area contributed by atoms with Crippen molar-refractivity contribution in [1.82, 2.24) is 4.57 Å². The predicted molar refractivity (Wildman–Crippen MR) is 108 cm³/mol. The first-order valence-electron chi connectivity index (χ1n) is 10.1. The molecule has 2 aromatic rings. The number of aromatic nitrogens is 1. The van der Waals surface area contributed by atoms with Crippen LogP contribution in [-0.2, 0) is 0 Å². The lowest BCUT2D eigenvalue weighted by Gasteiger charge is -2.26. The Hall–Kier alpha value is -2.88. The number of hydrogen-bond donors (Lipinski definition) is 2. The Morgan fingerprint density at radius 1 is 1.35 bits per heavy atom. The van der Waals surface area contributed by atoms with Crippen LogP contribution >= 0.6 is 0 Å². The second-order valence-corrected chi connectivity index (χ2v) is 9.11. The summed E-state index contributed by atoms with van der Waals surface area (Å²) in [7, 11) is 1.36. The molecule has 3 N–H and O–H groups in total. The number of pyridine rings is 1. The zero-order valence-corrected chi connectivity index (χ0v) is 17.2. The zero-order chi connectivity index (χ0) is 22.3. The average Bonchev–Trinajstić information content (AvgIpc) is 3.58. The smallest absolute Gasteiger partial charge is 0.492 e. The lowest BCUT2D eigenvalue weighted by Crippen LogP contribution is -2.45. The number of halogens is 2. The summed E-state index contributed by atoms with van der Waals surface area (Å²) in [5.74, 6) is -1.11. The SMILES string of the molecule is COc1c(N2CC3(CC3)[C@](C)(N)C2)c(F)cc2c(=O)c(OC(=O)O)cn([C@@H]3C[C@@H]3F)c12. The van der Waals surface area contributed by atoms with Gasteiger partial charge in [0.1, 0.15) is 11.9 Å². The molecule has 2 heterocycles. The number of carbonyl (C=O) groups is 1. The number of carboxylic acid groups (broad SMARTS) is 1. The van der Waals surface area contributed by atoms with Crippen LogP contribution in [0.15, 0.2) is 17.1 Å². The Morgan fingerprint density at radius 2 is 2.03 bits per heavy atom. The minimum atomic E-state index is -1.69. The summed E-state index contributed by atoms with van der Waals surface area (Å²) in [4.78, 5) is 25.7. The van der Waals surface area contributed by atoms with Gasteiger partial charge in [-0.1, -0.05) is 0 Å². The number of nitrogens with two attached hydrogens (primary N) is 1. The molecule has 3 fully saturated rings. The van der Waals surface area contributed by atoms with Gasteiger partial charge in [-0.15, -0.1) is 0 Å². The van der Waals surface area contributed by atoms with Gasteiger partial charge < -0.3 is 29.8 Å². The van der Waals surface area contributed by atoms with Gasteiger partial charge in [-0.05, 0) is 25.8 Å². The number of anilines is 1. The molecule has 0 radical (unpaired) electrons. The number of fused-ring (bicyclic) bond motifs is 1. The van der Waals surface area contributed by atoms with E-state index in [0.717, 1.165) is 25.1 Å². The quantitative estimate of drug-likeness (QED) is 0.711. The number of nitrogens with zero attached hydrogens (tertiary/aromatic N) is 2. The normalized spacial score (nSPS) is 28.2. The van der Waals surface area contributed by atoms with Gasteiger partial charge in [-0.25, -0.2) is 13.6 Å². The van der Waals surface area contributed by atoms with Gasteiger partial charge >= 0.3 is 6.16 Å². The van der Waals surface area contributed by atoms with Crippen molar-refractivity contribution in [2.24, 2.45) is 11.1 Å². The van der Waals surface area contributed by atoms with Gasteiger partial charge in [-0.2, -0.15) is 0 Å². The van der Waals surface area contributed by atoms with Crippen LogP contribution in [0.1, 0.15) is 32.2 Å². The van der Waals surface area contributed by atoms with Crippen molar-refractivity contribution in [2.45, 2.75) is 43.9 Å². The predicted octanol–water partition coefficient (Wildman–Crippen LogP) is 2.81. The van der Waals surface area contributed by atoms with Crippen molar-refractivity contribution in [3.63, 3.8) is 0 Å². The fraction of sp³-hybridized carbons (Fsp3) is 0.524. The Labute approximate surface area is 176 Å². The Kier molecular flexibility index (Phi) is 4.09. The largest absolute Gasteiger partial charge is 0.511 e. The molecule has 1 aromatic heterocycles. The highest BCUT2D eigenvalue weighted by Crippen LogP contribution is 2.59.